The highest BCUT2D eigenvalue weighted by molar-refractivity contribution is 7.92. The minimum atomic E-state index is -3.37. The molecule has 5 nitrogen and oxygen atoms in total. The monoisotopic (exact) mass is 338 g/mol. The van der Waals surface area contributed by atoms with Crippen LogP contribution in [0.1, 0.15) is 40.2 Å². The number of hydrogen-bond acceptors (Lipinski definition) is 3. The van der Waals surface area contributed by atoms with Gasteiger partial charge < -0.3 is 4.90 Å². The van der Waals surface area contributed by atoms with Crippen LogP contribution in [0.25, 0.3) is 0 Å². The molecule has 23 heavy (non-hydrogen) atoms. The average molecular weight is 338 g/mol. The van der Waals surface area contributed by atoms with Gasteiger partial charge in [-0.15, -0.1) is 0 Å². The van der Waals surface area contributed by atoms with Crippen molar-refractivity contribution in [2.75, 3.05) is 21.9 Å². The Bertz CT molecular complexity index is 703. The summed E-state index contributed by atoms with van der Waals surface area (Å²) in [6, 6.07) is 5.43. The van der Waals surface area contributed by atoms with Crippen molar-refractivity contribution in [3.05, 3.63) is 23.8 Å². The first-order valence-electron chi connectivity index (χ1n) is 7.95. The van der Waals surface area contributed by atoms with E-state index in [9.17, 15) is 13.2 Å². The average Bonchev–Trinajstić information content (AvgIpc) is 2.77. The summed E-state index contributed by atoms with van der Waals surface area (Å²) in [6.45, 7) is 10.1. The van der Waals surface area contributed by atoms with Crippen LogP contribution in [0.4, 0.5) is 11.4 Å². The van der Waals surface area contributed by atoms with Gasteiger partial charge in [-0.3, -0.25) is 9.52 Å². The predicted octanol–water partition coefficient (Wildman–Crippen LogP) is 3.02. The van der Waals surface area contributed by atoms with Crippen molar-refractivity contribution < 1.29 is 13.2 Å². The standard InChI is InChI=1S/C17H26N2O3S/c1-12(2)11-23(21,22)18-14-7-6-13-8-9-19(15(13)10-14)16(20)17(3,4)5/h6-7,10,12,18H,8-9,11H2,1-5H3. The molecule has 0 bridgehead atoms. The summed E-state index contributed by atoms with van der Waals surface area (Å²) in [5, 5.41) is 0. The van der Waals surface area contributed by atoms with Crippen LogP contribution >= 0.6 is 0 Å². The fraction of sp³-hybridized carbons (Fsp3) is 0.588. The van der Waals surface area contributed by atoms with E-state index < -0.39 is 15.4 Å². The first kappa shape index (κ1) is 17.8. The Kier molecular flexibility index (Phi) is 4.76. The second-order valence-electron chi connectivity index (χ2n) is 7.58. The largest absolute Gasteiger partial charge is 0.311 e. The minimum absolute atomic E-state index is 0.0541. The molecule has 0 saturated carbocycles. The number of anilines is 2. The maximum Gasteiger partial charge on any atom is 0.232 e. The highest BCUT2D eigenvalue weighted by atomic mass is 32.2. The smallest absolute Gasteiger partial charge is 0.232 e. The summed E-state index contributed by atoms with van der Waals surface area (Å²) in [4.78, 5) is 14.3. The fourth-order valence-corrected chi connectivity index (χ4v) is 4.17. The van der Waals surface area contributed by atoms with E-state index in [0.29, 0.717) is 12.2 Å². The van der Waals surface area contributed by atoms with E-state index >= 15 is 0 Å². The van der Waals surface area contributed by atoms with Gasteiger partial charge in [0.2, 0.25) is 15.9 Å². The summed E-state index contributed by atoms with van der Waals surface area (Å²) in [7, 11) is -3.37. The maximum absolute atomic E-state index is 12.6. The molecule has 6 heteroatoms. The van der Waals surface area contributed by atoms with Crippen LogP contribution in [-0.2, 0) is 21.2 Å². The molecule has 1 amide bonds. The number of rotatable bonds is 4. The number of nitrogens with one attached hydrogen (secondary N) is 1. The van der Waals surface area contributed by atoms with Crippen LogP contribution in [0.3, 0.4) is 0 Å². The molecule has 1 N–H and O–H groups in total. The lowest BCUT2D eigenvalue weighted by Crippen LogP contribution is -2.38. The highest BCUT2D eigenvalue weighted by Gasteiger charge is 2.32. The van der Waals surface area contributed by atoms with Crippen molar-refractivity contribution in [2.24, 2.45) is 11.3 Å². The summed E-state index contributed by atoms with van der Waals surface area (Å²) >= 11 is 0. The number of hydrogen-bond donors (Lipinski definition) is 1. The lowest BCUT2D eigenvalue weighted by Gasteiger charge is -2.26. The molecule has 0 saturated heterocycles. The van der Waals surface area contributed by atoms with Crippen LogP contribution in [0.15, 0.2) is 18.2 Å². The van der Waals surface area contributed by atoms with Gasteiger partial charge >= 0.3 is 0 Å². The summed E-state index contributed by atoms with van der Waals surface area (Å²) < 4.78 is 26.8. The second-order valence-corrected chi connectivity index (χ2v) is 9.34. The Balaban J connectivity index is 2.27. The molecule has 1 aromatic carbocycles. The van der Waals surface area contributed by atoms with E-state index in [0.717, 1.165) is 17.7 Å². The van der Waals surface area contributed by atoms with Gasteiger partial charge in [0.25, 0.3) is 0 Å². The molecule has 1 aliphatic heterocycles. The first-order valence-corrected chi connectivity index (χ1v) is 9.60. The number of fused-ring (bicyclic) bond motifs is 1. The number of nitrogens with zero attached hydrogens (tertiary/aromatic N) is 1. The normalized spacial score (nSPS) is 15.0. The lowest BCUT2D eigenvalue weighted by atomic mass is 9.94. The van der Waals surface area contributed by atoms with Crippen LogP contribution in [0, 0.1) is 11.3 Å². The summed E-state index contributed by atoms with van der Waals surface area (Å²) in [5.41, 5.74) is 1.94. The van der Waals surface area contributed by atoms with Gasteiger partial charge in [-0.05, 0) is 30.0 Å². The Morgan fingerprint density at radius 2 is 1.96 bits per heavy atom. The maximum atomic E-state index is 12.6. The van der Waals surface area contributed by atoms with Crippen molar-refractivity contribution in [1.82, 2.24) is 0 Å². The third-order valence-electron chi connectivity index (χ3n) is 3.69. The number of benzene rings is 1. The summed E-state index contributed by atoms with van der Waals surface area (Å²) in [6.07, 6.45) is 0.802. The van der Waals surface area contributed by atoms with Gasteiger partial charge in [0.15, 0.2) is 0 Å². The number of sulfonamides is 1. The van der Waals surface area contributed by atoms with Gasteiger partial charge in [-0.2, -0.15) is 0 Å². The zero-order valence-corrected chi connectivity index (χ0v) is 15.3. The quantitative estimate of drug-likeness (QED) is 0.917. The third-order valence-corrected chi connectivity index (χ3v) is 5.35. The second kappa shape index (κ2) is 6.15. The molecule has 128 valence electrons. The lowest BCUT2D eigenvalue weighted by molar-refractivity contribution is -0.125. The first-order chi connectivity index (χ1) is 10.5. The van der Waals surface area contributed by atoms with E-state index in [-0.39, 0.29) is 17.6 Å². The SMILES string of the molecule is CC(C)CS(=O)(=O)Nc1ccc2c(c1)N(C(=O)C(C)(C)C)CC2. The molecule has 1 heterocycles. The van der Waals surface area contributed by atoms with Gasteiger partial charge in [0, 0.05) is 17.6 Å². The van der Waals surface area contributed by atoms with Gasteiger partial charge in [0.05, 0.1) is 11.4 Å². The number of carbonyl (C=O) groups is 1. The highest BCUT2D eigenvalue weighted by Crippen LogP contribution is 2.34. The van der Waals surface area contributed by atoms with E-state index in [1.54, 1.807) is 17.0 Å². The Morgan fingerprint density at radius 1 is 1.30 bits per heavy atom. The molecule has 1 aromatic rings. The van der Waals surface area contributed by atoms with Gasteiger partial charge in [0.1, 0.15) is 0 Å². The van der Waals surface area contributed by atoms with Gasteiger partial charge in [-0.25, -0.2) is 8.42 Å². The number of amides is 1. The zero-order valence-electron chi connectivity index (χ0n) is 14.5. The molecule has 1 aliphatic rings. The molecule has 0 radical (unpaired) electrons. The Hall–Kier alpha value is -1.56. The van der Waals surface area contributed by atoms with Crippen LogP contribution in [-0.4, -0.2) is 26.6 Å². The molecule has 0 spiro atoms. The van der Waals surface area contributed by atoms with E-state index in [1.807, 2.05) is 40.7 Å². The van der Waals surface area contributed by atoms with Crippen molar-refractivity contribution in [1.29, 1.82) is 0 Å². The topological polar surface area (TPSA) is 66.5 Å². The van der Waals surface area contributed by atoms with Crippen molar-refractivity contribution in [3.63, 3.8) is 0 Å². The third kappa shape index (κ3) is 4.25. The van der Waals surface area contributed by atoms with Crippen LogP contribution in [0.5, 0.6) is 0 Å². The Morgan fingerprint density at radius 3 is 2.52 bits per heavy atom. The van der Waals surface area contributed by atoms with Gasteiger partial charge in [-0.1, -0.05) is 40.7 Å². The molecule has 0 aliphatic carbocycles. The fourth-order valence-electron chi connectivity index (χ4n) is 2.72. The molecule has 0 unspecified atom stereocenters. The van der Waals surface area contributed by atoms with Crippen molar-refractivity contribution in [2.45, 2.75) is 41.0 Å². The van der Waals surface area contributed by atoms with Crippen molar-refractivity contribution >= 4 is 27.3 Å². The summed E-state index contributed by atoms with van der Waals surface area (Å²) in [5.74, 6) is 0.189. The van der Waals surface area contributed by atoms with Crippen molar-refractivity contribution in [3.8, 4) is 0 Å². The zero-order chi connectivity index (χ0) is 17.4. The van der Waals surface area contributed by atoms with E-state index in [4.69, 9.17) is 0 Å². The van der Waals surface area contributed by atoms with E-state index in [2.05, 4.69) is 4.72 Å². The number of carbonyl (C=O) groups excluding carboxylic acids is 1. The Labute approximate surface area is 139 Å². The molecular weight excluding hydrogens is 312 g/mol. The van der Waals surface area contributed by atoms with Crippen LogP contribution in [0.2, 0.25) is 0 Å². The molecule has 2 rings (SSSR count). The minimum Gasteiger partial charge on any atom is -0.311 e. The predicted molar refractivity (Wildman–Crippen MR) is 94.2 cm³/mol. The molecule has 0 fully saturated rings. The van der Waals surface area contributed by atoms with Crippen LogP contribution < -0.4 is 9.62 Å². The molecule has 0 atom stereocenters. The van der Waals surface area contributed by atoms with E-state index in [1.165, 1.54) is 0 Å². The molecular formula is C17H26N2O3S. The molecule has 0 aromatic heterocycles.